The Bertz CT molecular complexity index is 2330. The van der Waals surface area contributed by atoms with Gasteiger partial charge in [-0.05, 0) is 127 Å². The molecule has 6 nitrogen and oxygen atoms in total. The van der Waals surface area contributed by atoms with Gasteiger partial charge in [0, 0.05) is 39.8 Å². The van der Waals surface area contributed by atoms with E-state index in [-0.39, 0.29) is 11.5 Å². The molecule has 6 heteroatoms. The minimum absolute atomic E-state index is 0.143. The Morgan fingerprint density at radius 3 is 1.79 bits per heavy atom. The third kappa shape index (κ3) is 7.58. The van der Waals surface area contributed by atoms with Crippen LogP contribution in [-0.2, 0) is 0 Å². The van der Waals surface area contributed by atoms with E-state index in [4.69, 9.17) is 18.9 Å². The van der Waals surface area contributed by atoms with E-state index < -0.39 is 0 Å². The molecule has 53 heavy (non-hydrogen) atoms. The summed E-state index contributed by atoms with van der Waals surface area (Å²) in [7, 11) is 3.24. The molecule has 0 bridgehead atoms. The Morgan fingerprint density at radius 1 is 0.642 bits per heavy atom. The van der Waals surface area contributed by atoms with Crippen LogP contribution in [0.25, 0.3) is 56.3 Å². The number of hydrogen-bond donors (Lipinski definition) is 2. The summed E-state index contributed by atoms with van der Waals surface area (Å²) in [5.74, 6) is 2.92. The molecule has 6 aromatic carbocycles. The lowest BCUT2D eigenvalue weighted by Gasteiger charge is -2.20. The van der Waals surface area contributed by atoms with Gasteiger partial charge in [0.25, 0.3) is 0 Å². The smallest absolute Gasteiger partial charge is 0.131 e. The molecule has 0 aliphatic carbocycles. The number of aromatic hydroxyl groups is 2. The zero-order valence-electron chi connectivity index (χ0n) is 31.2. The van der Waals surface area contributed by atoms with Gasteiger partial charge in [0.05, 0.1) is 27.4 Å². The number of ether oxygens (including phenoxy) is 4. The van der Waals surface area contributed by atoms with Crippen molar-refractivity contribution in [3.8, 4) is 67.9 Å². The van der Waals surface area contributed by atoms with Crippen LogP contribution in [-0.4, -0.2) is 37.6 Å². The SMILES string of the molecule is C=Cc1c(/C=C\C)cc2ccccc2c1-c1cc(C)cc(-c2cc(OC)ccc2OCCCOc2ccc(OC)cc2-c2cc(C)cc(C)c2O)c1O. The van der Waals surface area contributed by atoms with E-state index in [9.17, 15) is 10.2 Å². The average molecular weight is 707 g/mol. The first-order valence-electron chi connectivity index (χ1n) is 17.7. The predicted molar refractivity (Wildman–Crippen MR) is 218 cm³/mol. The van der Waals surface area contributed by atoms with Gasteiger partial charge < -0.3 is 29.2 Å². The van der Waals surface area contributed by atoms with E-state index in [1.54, 1.807) is 14.2 Å². The van der Waals surface area contributed by atoms with Crippen molar-refractivity contribution in [1.82, 2.24) is 0 Å². The molecular formula is C47H46O6. The normalized spacial score (nSPS) is 11.2. The van der Waals surface area contributed by atoms with Crippen molar-refractivity contribution in [2.45, 2.75) is 34.1 Å². The Labute approximate surface area is 312 Å². The molecule has 0 radical (unpaired) electrons. The fraction of sp³-hybridized carbons (Fsp3) is 0.191. The van der Waals surface area contributed by atoms with Gasteiger partial charge >= 0.3 is 0 Å². The third-order valence-corrected chi connectivity index (χ3v) is 9.40. The van der Waals surface area contributed by atoms with Crippen molar-refractivity contribution < 1.29 is 29.2 Å². The molecule has 0 heterocycles. The van der Waals surface area contributed by atoms with E-state index in [2.05, 4.69) is 30.9 Å². The summed E-state index contributed by atoms with van der Waals surface area (Å²) in [6.07, 6.45) is 6.52. The zero-order chi connectivity index (χ0) is 37.6. The van der Waals surface area contributed by atoms with Crippen molar-refractivity contribution in [2.24, 2.45) is 0 Å². The molecule has 270 valence electrons. The first kappa shape index (κ1) is 36.6. The van der Waals surface area contributed by atoms with Crippen molar-refractivity contribution in [3.05, 3.63) is 131 Å². The first-order valence-corrected chi connectivity index (χ1v) is 17.7. The van der Waals surface area contributed by atoms with E-state index >= 15 is 0 Å². The van der Waals surface area contributed by atoms with Gasteiger partial charge in [-0.2, -0.15) is 0 Å². The highest BCUT2D eigenvalue weighted by Crippen LogP contribution is 2.47. The number of rotatable bonds is 13. The van der Waals surface area contributed by atoms with Crippen LogP contribution in [0.1, 0.15) is 41.2 Å². The molecular weight excluding hydrogens is 661 g/mol. The summed E-state index contributed by atoms with van der Waals surface area (Å²) >= 11 is 0. The van der Waals surface area contributed by atoms with Crippen molar-refractivity contribution in [1.29, 1.82) is 0 Å². The van der Waals surface area contributed by atoms with Crippen LogP contribution in [0.15, 0.2) is 104 Å². The van der Waals surface area contributed by atoms with Crippen molar-refractivity contribution in [2.75, 3.05) is 27.4 Å². The van der Waals surface area contributed by atoms with Crippen LogP contribution in [0.3, 0.4) is 0 Å². The minimum atomic E-state index is 0.143. The van der Waals surface area contributed by atoms with E-state index in [0.717, 1.165) is 49.7 Å². The second-order valence-electron chi connectivity index (χ2n) is 13.1. The first-order chi connectivity index (χ1) is 25.7. The lowest BCUT2D eigenvalue weighted by atomic mass is 9.86. The summed E-state index contributed by atoms with van der Waals surface area (Å²) in [6, 6.07) is 29.5. The third-order valence-electron chi connectivity index (χ3n) is 9.40. The van der Waals surface area contributed by atoms with Crippen LogP contribution < -0.4 is 18.9 Å². The quantitative estimate of drug-likeness (QED) is 0.116. The fourth-order valence-corrected chi connectivity index (χ4v) is 6.92. The number of aryl methyl sites for hydroxylation is 3. The van der Waals surface area contributed by atoms with Crippen LogP contribution >= 0.6 is 0 Å². The van der Waals surface area contributed by atoms with Gasteiger partial charge in [-0.15, -0.1) is 0 Å². The molecule has 0 fully saturated rings. The molecule has 0 amide bonds. The number of methoxy groups -OCH3 is 2. The molecule has 0 aliphatic heterocycles. The lowest BCUT2D eigenvalue weighted by Crippen LogP contribution is -2.06. The molecule has 0 saturated carbocycles. The highest BCUT2D eigenvalue weighted by Gasteiger charge is 2.21. The second-order valence-corrected chi connectivity index (χ2v) is 13.1. The number of phenols is 2. The Balaban J connectivity index is 1.31. The van der Waals surface area contributed by atoms with E-state index in [1.165, 1.54) is 0 Å². The van der Waals surface area contributed by atoms with Crippen molar-refractivity contribution >= 4 is 22.9 Å². The van der Waals surface area contributed by atoms with Crippen LogP contribution in [0.5, 0.6) is 34.5 Å². The summed E-state index contributed by atoms with van der Waals surface area (Å²) in [4.78, 5) is 0. The molecule has 0 aliphatic rings. The Hall–Kier alpha value is -6.14. The number of hydrogen-bond acceptors (Lipinski definition) is 6. The lowest BCUT2D eigenvalue weighted by molar-refractivity contribution is 0.248. The summed E-state index contributed by atoms with van der Waals surface area (Å²) < 4.78 is 23.8. The molecule has 0 atom stereocenters. The molecule has 0 saturated heterocycles. The molecule has 2 N–H and O–H groups in total. The molecule has 0 spiro atoms. The van der Waals surface area contributed by atoms with Gasteiger partial charge in [0.15, 0.2) is 0 Å². The second kappa shape index (κ2) is 16.0. The topological polar surface area (TPSA) is 77.4 Å². The highest BCUT2D eigenvalue weighted by atomic mass is 16.5. The van der Waals surface area contributed by atoms with Crippen LogP contribution in [0.2, 0.25) is 0 Å². The molecule has 0 aromatic heterocycles. The minimum Gasteiger partial charge on any atom is -0.507 e. The summed E-state index contributed by atoms with van der Waals surface area (Å²) in [6.45, 7) is 12.8. The van der Waals surface area contributed by atoms with E-state index in [0.29, 0.717) is 64.9 Å². The number of phenolic OH excluding ortho intramolecular Hbond substituents is 2. The van der Waals surface area contributed by atoms with Gasteiger partial charge in [0.2, 0.25) is 0 Å². The number of benzene rings is 6. The maximum absolute atomic E-state index is 12.2. The van der Waals surface area contributed by atoms with Crippen molar-refractivity contribution in [3.63, 3.8) is 0 Å². The van der Waals surface area contributed by atoms with Crippen LogP contribution in [0.4, 0.5) is 0 Å². The number of allylic oxidation sites excluding steroid dienone is 1. The molecule has 6 aromatic rings. The summed E-state index contributed by atoms with van der Waals surface area (Å²) in [5, 5.41) is 25.2. The highest BCUT2D eigenvalue weighted by molar-refractivity contribution is 6.05. The largest absolute Gasteiger partial charge is 0.507 e. The van der Waals surface area contributed by atoms with Gasteiger partial charge in [-0.1, -0.05) is 55.1 Å². The average Bonchev–Trinajstić information content (AvgIpc) is 3.16. The maximum Gasteiger partial charge on any atom is 0.131 e. The predicted octanol–water partition coefficient (Wildman–Crippen LogP) is 11.7. The van der Waals surface area contributed by atoms with Gasteiger partial charge in [-0.3, -0.25) is 0 Å². The van der Waals surface area contributed by atoms with Crippen LogP contribution in [0, 0.1) is 20.8 Å². The molecule has 0 unspecified atom stereocenters. The summed E-state index contributed by atoms with van der Waals surface area (Å²) in [5.41, 5.74) is 9.21. The Kier molecular flexibility index (Phi) is 11.1. The monoisotopic (exact) mass is 706 g/mol. The fourth-order valence-electron chi connectivity index (χ4n) is 6.92. The standard InChI is InChI=1S/C47H46O6/c1-8-13-32-26-33-14-10-11-15-37(33)45(36(32)9-2)42-25-30(4)24-41(47(42)49)39-28-35(51-7)17-19-44(39)53-21-12-20-52-43-18-16-34(50-6)27-38(43)40-23-29(3)22-31(5)46(40)48/h8-11,13-19,22-28,48-49H,2,12,20-21H2,1,3-7H3/b13-8-. The van der Waals surface area contributed by atoms with Gasteiger partial charge in [-0.25, -0.2) is 0 Å². The van der Waals surface area contributed by atoms with E-state index in [1.807, 2.05) is 113 Å². The maximum atomic E-state index is 12.2. The number of fused-ring (bicyclic) bond motifs is 1. The Morgan fingerprint density at radius 2 is 1.21 bits per heavy atom. The van der Waals surface area contributed by atoms with Gasteiger partial charge in [0.1, 0.15) is 34.5 Å². The zero-order valence-corrected chi connectivity index (χ0v) is 31.2. The molecule has 6 rings (SSSR count).